The second-order valence-corrected chi connectivity index (χ2v) is 14.2. The van der Waals surface area contributed by atoms with Crippen LogP contribution in [0.25, 0.3) is 78.7 Å². The van der Waals surface area contributed by atoms with E-state index in [1.54, 1.807) is 6.20 Å². The zero-order valence-electron chi connectivity index (χ0n) is 29.8. The number of pyridine rings is 1. The number of rotatable bonds is 5. The molecule has 0 saturated heterocycles. The van der Waals surface area contributed by atoms with Crippen molar-refractivity contribution in [3.8, 4) is 78.7 Å². The molecule has 7 aromatic carbocycles. The van der Waals surface area contributed by atoms with Crippen molar-refractivity contribution in [1.29, 1.82) is 0 Å². The van der Waals surface area contributed by atoms with Crippen LogP contribution in [0.5, 0.6) is 0 Å². The predicted octanol–water partition coefficient (Wildman–Crippen LogP) is 11.9. The number of aromatic nitrogens is 4. The SMILES string of the molecule is c1ccc(-c2ccc(-c3nc(-c4ccc(-c5cccnc5)cc4)nc(-c4cccc5c4-c4ccccc4C54c5ccccc5-c5ccccc54)n3)cc2)cc1. The second kappa shape index (κ2) is 12.4. The summed E-state index contributed by atoms with van der Waals surface area (Å²) in [5.74, 6) is 1.90. The fourth-order valence-electron chi connectivity index (χ4n) is 8.87. The zero-order chi connectivity index (χ0) is 36.3. The van der Waals surface area contributed by atoms with Crippen LogP contribution >= 0.6 is 0 Å². The molecule has 9 aromatic rings. The largest absolute Gasteiger partial charge is 0.264 e. The minimum atomic E-state index is -0.455. The molecule has 2 aliphatic carbocycles. The van der Waals surface area contributed by atoms with Gasteiger partial charge in [-0.25, -0.2) is 15.0 Å². The number of benzene rings is 7. The Balaban J connectivity index is 1.13. The quantitative estimate of drug-likeness (QED) is 0.179. The summed E-state index contributed by atoms with van der Waals surface area (Å²) >= 11 is 0. The molecule has 0 aliphatic heterocycles. The molecule has 2 aliphatic rings. The van der Waals surface area contributed by atoms with Crippen LogP contribution in [0.2, 0.25) is 0 Å². The molecular weight excluding hydrogens is 669 g/mol. The lowest BCUT2D eigenvalue weighted by Gasteiger charge is -2.30. The standard InChI is InChI=1S/C51H32N4/c1-2-12-33(13-3-1)34-23-27-36(28-24-34)48-53-49(37-29-25-35(26-30-37)38-14-11-31-52-32-38)55-50(54-48)42-18-10-22-46-47(42)41-17-6-9-21-45(41)51(46)43-19-7-4-15-39(43)40-16-5-8-20-44(40)51/h1-32H. The van der Waals surface area contributed by atoms with Crippen molar-refractivity contribution in [2.45, 2.75) is 5.41 Å². The summed E-state index contributed by atoms with van der Waals surface area (Å²) in [5.41, 5.74) is 16.9. The molecule has 0 saturated carbocycles. The first kappa shape index (κ1) is 31.2. The van der Waals surface area contributed by atoms with Gasteiger partial charge < -0.3 is 0 Å². The molecule has 0 unspecified atom stereocenters. The zero-order valence-corrected chi connectivity index (χ0v) is 29.8. The number of fused-ring (bicyclic) bond motifs is 10. The molecule has 2 aromatic heterocycles. The van der Waals surface area contributed by atoms with Crippen LogP contribution in [-0.4, -0.2) is 19.9 Å². The lowest BCUT2D eigenvalue weighted by molar-refractivity contribution is 0.794. The van der Waals surface area contributed by atoms with Gasteiger partial charge in [0, 0.05) is 29.1 Å². The first-order valence-corrected chi connectivity index (χ1v) is 18.6. The molecule has 1 spiro atoms. The van der Waals surface area contributed by atoms with Gasteiger partial charge in [0.25, 0.3) is 0 Å². The van der Waals surface area contributed by atoms with Crippen molar-refractivity contribution in [3.63, 3.8) is 0 Å². The van der Waals surface area contributed by atoms with E-state index in [1.165, 1.54) is 50.1 Å². The van der Waals surface area contributed by atoms with Gasteiger partial charge in [-0.05, 0) is 72.8 Å². The van der Waals surface area contributed by atoms with E-state index in [-0.39, 0.29) is 0 Å². The van der Waals surface area contributed by atoms with Crippen molar-refractivity contribution in [1.82, 2.24) is 19.9 Å². The van der Waals surface area contributed by atoms with Gasteiger partial charge in [-0.2, -0.15) is 0 Å². The third kappa shape index (κ3) is 4.78. The van der Waals surface area contributed by atoms with E-state index in [0.717, 1.165) is 33.4 Å². The van der Waals surface area contributed by atoms with Gasteiger partial charge in [0.1, 0.15) is 0 Å². The molecule has 0 bridgehead atoms. The fraction of sp³-hybridized carbons (Fsp3) is 0.0196. The van der Waals surface area contributed by atoms with E-state index < -0.39 is 5.41 Å². The summed E-state index contributed by atoms with van der Waals surface area (Å²) in [5, 5.41) is 0. The summed E-state index contributed by atoms with van der Waals surface area (Å²) in [6, 6.07) is 64.7. The van der Waals surface area contributed by atoms with E-state index in [1.807, 2.05) is 18.3 Å². The highest BCUT2D eigenvalue weighted by Crippen LogP contribution is 2.63. The maximum atomic E-state index is 5.29. The second-order valence-electron chi connectivity index (χ2n) is 14.2. The maximum Gasteiger partial charge on any atom is 0.164 e. The molecule has 0 N–H and O–H groups in total. The molecule has 55 heavy (non-hydrogen) atoms. The lowest BCUT2D eigenvalue weighted by atomic mass is 9.70. The first-order valence-electron chi connectivity index (χ1n) is 18.6. The smallest absolute Gasteiger partial charge is 0.164 e. The summed E-state index contributed by atoms with van der Waals surface area (Å²) in [6.45, 7) is 0. The monoisotopic (exact) mass is 700 g/mol. The minimum absolute atomic E-state index is 0.455. The van der Waals surface area contributed by atoms with Crippen molar-refractivity contribution < 1.29 is 0 Å². The lowest BCUT2D eigenvalue weighted by Crippen LogP contribution is -2.25. The van der Waals surface area contributed by atoms with Crippen LogP contribution in [0, 0.1) is 0 Å². The molecular formula is C51H32N4. The van der Waals surface area contributed by atoms with Crippen LogP contribution in [0.1, 0.15) is 22.3 Å². The van der Waals surface area contributed by atoms with Gasteiger partial charge in [-0.15, -0.1) is 0 Å². The van der Waals surface area contributed by atoms with Gasteiger partial charge >= 0.3 is 0 Å². The topological polar surface area (TPSA) is 51.6 Å². The number of hydrogen-bond donors (Lipinski definition) is 0. The Kier molecular flexibility index (Phi) is 7.04. The molecule has 2 heterocycles. The summed E-state index contributed by atoms with van der Waals surface area (Å²) in [6.07, 6.45) is 3.68. The Bertz CT molecular complexity index is 2750. The van der Waals surface area contributed by atoms with Gasteiger partial charge in [-0.3, -0.25) is 4.98 Å². The Hall–Kier alpha value is -7.30. The van der Waals surface area contributed by atoms with Crippen LogP contribution < -0.4 is 0 Å². The van der Waals surface area contributed by atoms with E-state index in [2.05, 4.69) is 175 Å². The molecule has 0 fully saturated rings. The van der Waals surface area contributed by atoms with Crippen molar-refractivity contribution >= 4 is 0 Å². The molecule has 0 radical (unpaired) electrons. The fourth-order valence-corrected chi connectivity index (χ4v) is 8.87. The summed E-state index contributed by atoms with van der Waals surface area (Å²) in [4.78, 5) is 20.0. The van der Waals surface area contributed by atoms with Crippen LogP contribution in [0.15, 0.2) is 194 Å². The van der Waals surface area contributed by atoms with E-state index >= 15 is 0 Å². The minimum Gasteiger partial charge on any atom is -0.264 e. The third-order valence-electron chi connectivity index (χ3n) is 11.3. The summed E-state index contributed by atoms with van der Waals surface area (Å²) in [7, 11) is 0. The number of nitrogens with zero attached hydrogens (tertiary/aromatic N) is 4. The van der Waals surface area contributed by atoms with Crippen LogP contribution in [-0.2, 0) is 5.41 Å². The molecule has 0 amide bonds. The Morgan fingerprint density at radius 2 is 0.727 bits per heavy atom. The predicted molar refractivity (Wildman–Crippen MR) is 221 cm³/mol. The van der Waals surface area contributed by atoms with Gasteiger partial charge in [0.2, 0.25) is 0 Å². The third-order valence-corrected chi connectivity index (χ3v) is 11.3. The average molecular weight is 701 g/mol. The maximum absolute atomic E-state index is 5.29. The summed E-state index contributed by atoms with van der Waals surface area (Å²) < 4.78 is 0. The Labute approximate surface area is 319 Å². The average Bonchev–Trinajstić information content (AvgIpc) is 3.75. The van der Waals surface area contributed by atoms with E-state index in [4.69, 9.17) is 15.0 Å². The van der Waals surface area contributed by atoms with Crippen LogP contribution in [0.4, 0.5) is 0 Å². The highest BCUT2D eigenvalue weighted by atomic mass is 15.0. The molecule has 4 nitrogen and oxygen atoms in total. The molecule has 256 valence electrons. The van der Waals surface area contributed by atoms with E-state index in [0.29, 0.717) is 17.5 Å². The van der Waals surface area contributed by atoms with Crippen molar-refractivity contribution in [3.05, 3.63) is 217 Å². The normalized spacial score (nSPS) is 12.9. The van der Waals surface area contributed by atoms with E-state index in [9.17, 15) is 0 Å². The molecule has 0 atom stereocenters. The van der Waals surface area contributed by atoms with Crippen molar-refractivity contribution in [2.75, 3.05) is 0 Å². The molecule has 11 rings (SSSR count). The van der Waals surface area contributed by atoms with Gasteiger partial charge in [-0.1, -0.05) is 176 Å². The highest BCUT2D eigenvalue weighted by molar-refractivity contribution is 5.99. The first-order chi connectivity index (χ1) is 27.3. The van der Waals surface area contributed by atoms with Crippen LogP contribution in [0.3, 0.4) is 0 Å². The Morgan fingerprint density at radius 3 is 1.33 bits per heavy atom. The van der Waals surface area contributed by atoms with Gasteiger partial charge in [0.15, 0.2) is 17.5 Å². The Morgan fingerprint density at radius 1 is 0.291 bits per heavy atom. The van der Waals surface area contributed by atoms with Gasteiger partial charge in [0.05, 0.1) is 5.41 Å². The van der Waals surface area contributed by atoms with Crippen molar-refractivity contribution in [2.24, 2.45) is 0 Å². The number of hydrogen-bond acceptors (Lipinski definition) is 4. The molecule has 4 heteroatoms. The highest BCUT2D eigenvalue weighted by Gasteiger charge is 2.52.